The van der Waals surface area contributed by atoms with Crippen LogP contribution in [0, 0.1) is 5.41 Å². The van der Waals surface area contributed by atoms with E-state index in [1.54, 1.807) is 4.90 Å². The summed E-state index contributed by atoms with van der Waals surface area (Å²) in [6.45, 7) is 0.788. The van der Waals surface area contributed by atoms with E-state index in [1.807, 2.05) is 42.7 Å². The Kier molecular flexibility index (Phi) is 3.17. The van der Waals surface area contributed by atoms with Crippen LogP contribution in [-0.4, -0.2) is 22.4 Å². The molecule has 1 saturated heterocycles. The highest BCUT2D eigenvalue weighted by Gasteiger charge is 2.45. The summed E-state index contributed by atoms with van der Waals surface area (Å²) >= 11 is 0. The lowest BCUT2D eigenvalue weighted by molar-refractivity contribution is -0.117. The van der Waals surface area contributed by atoms with Crippen LogP contribution in [0.5, 0.6) is 0 Å². The predicted molar refractivity (Wildman–Crippen MR) is 85.3 cm³/mol. The van der Waals surface area contributed by atoms with E-state index in [2.05, 4.69) is 9.97 Å². The van der Waals surface area contributed by atoms with Gasteiger partial charge in [-0.05, 0) is 23.8 Å². The normalized spacial score (nSPS) is 20.0. The van der Waals surface area contributed by atoms with Gasteiger partial charge in [0.15, 0.2) is 0 Å². The van der Waals surface area contributed by atoms with Crippen molar-refractivity contribution in [3.63, 3.8) is 0 Å². The van der Waals surface area contributed by atoms with E-state index < -0.39 is 0 Å². The van der Waals surface area contributed by atoms with Crippen LogP contribution >= 0.6 is 0 Å². The highest BCUT2D eigenvalue weighted by Crippen LogP contribution is 2.46. The highest BCUT2D eigenvalue weighted by atomic mass is 16.2. The lowest BCUT2D eigenvalue weighted by atomic mass is 9.85. The van der Waals surface area contributed by atoms with E-state index in [0.29, 0.717) is 12.4 Å². The van der Waals surface area contributed by atoms with Gasteiger partial charge in [-0.25, -0.2) is 9.97 Å². The maximum absolute atomic E-state index is 12.3. The molecule has 0 radical (unpaired) electrons. The molecule has 1 amide bonds. The van der Waals surface area contributed by atoms with Gasteiger partial charge in [-0.3, -0.25) is 9.69 Å². The Hall–Kier alpha value is -2.23. The molecule has 4 heteroatoms. The molecule has 1 aromatic heterocycles. The van der Waals surface area contributed by atoms with Crippen LogP contribution in [0.1, 0.15) is 32.1 Å². The van der Waals surface area contributed by atoms with Gasteiger partial charge in [0.05, 0.1) is 0 Å². The van der Waals surface area contributed by atoms with Crippen LogP contribution in [0.25, 0.3) is 11.1 Å². The van der Waals surface area contributed by atoms with Gasteiger partial charge in [0.1, 0.15) is 0 Å². The minimum absolute atomic E-state index is 0.175. The zero-order valence-corrected chi connectivity index (χ0v) is 12.5. The van der Waals surface area contributed by atoms with Crippen LogP contribution in [0.3, 0.4) is 0 Å². The maximum Gasteiger partial charge on any atom is 0.232 e. The van der Waals surface area contributed by atoms with Gasteiger partial charge in [0.25, 0.3) is 0 Å². The van der Waals surface area contributed by atoms with Gasteiger partial charge in [0.2, 0.25) is 11.9 Å². The molecule has 1 saturated carbocycles. The Morgan fingerprint density at radius 2 is 1.64 bits per heavy atom. The first kappa shape index (κ1) is 13.4. The summed E-state index contributed by atoms with van der Waals surface area (Å²) in [4.78, 5) is 23.0. The minimum Gasteiger partial charge on any atom is -0.280 e. The maximum atomic E-state index is 12.3. The Labute approximate surface area is 130 Å². The first-order valence-corrected chi connectivity index (χ1v) is 7.94. The van der Waals surface area contributed by atoms with Gasteiger partial charge in [-0.15, -0.1) is 0 Å². The summed E-state index contributed by atoms with van der Waals surface area (Å²) in [6, 6.07) is 10.1. The summed E-state index contributed by atoms with van der Waals surface area (Å²) < 4.78 is 0. The SMILES string of the molecule is O=C1CC2(CCCC2)CN1c1ncc(-c2ccccc2)cn1. The molecule has 22 heavy (non-hydrogen) atoms. The van der Waals surface area contributed by atoms with Crippen molar-refractivity contribution in [3.8, 4) is 11.1 Å². The third-order valence-corrected chi connectivity index (χ3v) is 4.97. The molecule has 0 bridgehead atoms. The Morgan fingerprint density at radius 3 is 2.32 bits per heavy atom. The zero-order chi connectivity index (χ0) is 15.0. The van der Waals surface area contributed by atoms with Gasteiger partial charge in [-0.2, -0.15) is 0 Å². The topological polar surface area (TPSA) is 46.1 Å². The number of nitrogens with zero attached hydrogens (tertiary/aromatic N) is 3. The average molecular weight is 293 g/mol. The molecule has 1 spiro atoms. The molecule has 1 aliphatic heterocycles. The molecule has 4 nitrogen and oxygen atoms in total. The number of benzene rings is 1. The molecular formula is C18H19N3O. The fraction of sp³-hybridized carbons (Fsp3) is 0.389. The van der Waals surface area contributed by atoms with Gasteiger partial charge >= 0.3 is 0 Å². The third-order valence-electron chi connectivity index (χ3n) is 4.97. The second-order valence-electron chi connectivity index (χ2n) is 6.50. The molecule has 2 aliphatic rings. The first-order valence-electron chi connectivity index (χ1n) is 7.94. The standard InChI is InChI=1S/C18H19N3O/c22-16-10-18(8-4-5-9-18)13-21(16)17-19-11-15(12-20-17)14-6-2-1-3-7-14/h1-3,6-7,11-12H,4-5,8-10,13H2. The number of anilines is 1. The Bertz CT molecular complexity index is 675. The molecule has 0 unspecified atom stereocenters. The fourth-order valence-electron chi connectivity index (χ4n) is 3.78. The van der Waals surface area contributed by atoms with Crippen molar-refractivity contribution in [1.82, 2.24) is 9.97 Å². The second-order valence-corrected chi connectivity index (χ2v) is 6.50. The molecule has 2 aromatic rings. The van der Waals surface area contributed by atoms with E-state index in [-0.39, 0.29) is 11.3 Å². The number of amides is 1. The van der Waals surface area contributed by atoms with Gasteiger partial charge < -0.3 is 0 Å². The summed E-state index contributed by atoms with van der Waals surface area (Å²) in [5.74, 6) is 0.725. The van der Waals surface area contributed by atoms with E-state index in [9.17, 15) is 4.79 Å². The minimum atomic E-state index is 0.175. The van der Waals surface area contributed by atoms with Crippen molar-refractivity contribution in [1.29, 1.82) is 0 Å². The molecule has 112 valence electrons. The number of aromatic nitrogens is 2. The quantitative estimate of drug-likeness (QED) is 0.852. The summed E-state index contributed by atoms with van der Waals surface area (Å²) in [7, 11) is 0. The van der Waals surface area contributed by atoms with E-state index in [1.165, 1.54) is 12.8 Å². The number of carbonyl (C=O) groups is 1. The molecule has 1 aliphatic carbocycles. The molecule has 2 heterocycles. The van der Waals surface area contributed by atoms with Crippen molar-refractivity contribution >= 4 is 11.9 Å². The van der Waals surface area contributed by atoms with Gasteiger partial charge in [-0.1, -0.05) is 43.2 Å². The van der Waals surface area contributed by atoms with E-state index >= 15 is 0 Å². The van der Waals surface area contributed by atoms with Crippen LogP contribution in [-0.2, 0) is 4.79 Å². The summed E-state index contributed by atoms with van der Waals surface area (Å²) in [5.41, 5.74) is 2.26. The number of hydrogen-bond donors (Lipinski definition) is 0. The van der Waals surface area contributed by atoms with Crippen molar-refractivity contribution in [2.75, 3.05) is 11.4 Å². The Morgan fingerprint density at radius 1 is 0.955 bits per heavy atom. The number of hydrogen-bond acceptors (Lipinski definition) is 3. The molecule has 4 rings (SSSR count). The van der Waals surface area contributed by atoms with Crippen LogP contribution in [0.2, 0.25) is 0 Å². The van der Waals surface area contributed by atoms with Crippen LogP contribution in [0.4, 0.5) is 5.95 Å². The lowest BCUT2D eigenvalue weighted by Crippen LogP contribution is -2.28. The van der Waals surface area contributed by atoms with E-state index in [4.69, 9.17) is 0 Å². The summed E-state index contributed by atoms with van der Waals surface area (Å²) in [6.07, 6.45) is 9.10. The van der Waals surface area contributed by atoms with Crippen molar-refractivity contribution < 1.29 is 4.79 Å². The zero-order valence-electron chi connectivity index (χ0n) is 12.5. The van der Waals surface area contributed by atoms with Crippen molar-refractivity contribution in [2.24, 2.45) is 5.41 Å². The molecule has 1 aromatic carbocycles. The van der Waals surface area contributed by atoms with E-state index in [0.717, 1.165) is 30.5 Å². The number of rotatable bonds is 2. The average Bonchev–Trinajstić information content (AvgIpc) is 3.15. The molecule has 2 fully saturated rings. The van der Waals surface area contributed by atoms with Crippen molar-refractivity contribution in [3.05, 3.63) is 42.7 Å². The Balaban J connectivity index is 1.57. The molecular weight excluding hydrogens is 274 g/mol. The number of carbonyl (C=O) groups excluding carboxylic acids is 1. The molecule has 0 N–H and O–H groups in total. The smallest absolute Gasteiger partial charge is 0.232 e. The second kappa shape index (κ2) is 5.20. The summed E-state index contributed by atoms with van der Waals surface area (Å²) in [5, 5.41) is 0. The fourth-order valence-corrected chi connectivity index (χ4v) is 3.78. The van der Waals surface area contributed by atoms with Crippen molar-refractivity contribution in [2.45, 2.75) is 32.1 Å². The van der Waals surface area contributed by atoms with Gasteiger partial charge in [0, 0.05) is 30.9 Å². The largest absolute Gasteiger partial charge is 0.280 e. The van der Waals surface area contributed by atoms with Crippen LogP contribution < -0.4 is 4.90 Å². The predicted octanol–water partition coefficient (Wildman–Crippen LogP) is 3.44. The first-order chi connectivity index (χ1) is 10.8. The third kappa shape index (κ3) is 2.28. The lowest BCUT2D eigenvalue weighted by Gasteiger charge is -2.21. The highest BCUT2D eigenvalue weighted by molar-refractivity contribution is 5.94. The van der Waals surface area contributed by atoms with Crippen LogP contribution in [0.15, 0.2) is 42.7 Å². The monoisotopic (exact) mass is 293 g/mol. The molecule has 0 atom stereocenters.